The van der Waals surface area contributed by atoms with Crippen molar-refractivity contribution < 1.29 is 14.6 Å². The van der Waals surface area contributed by atoms with Crippen molar-refractivity contribution >= 4 is 28.5 Å². The van der Waals surface area contributed by atoms with Crippen molar-refractivity contribution in [3.63, 3.8) is 0 Å². The number of amides is 1. The number of aryl methyl sites for hydroxylation is 2. The molecule has 1 amide bonds. The molecule has 0 bridgehead atoms. The smallest absolute Gasteiger partial charge is 0.407 e. The number of ether oxygens (including phenoxy) is 1. The molecule has 6 rings (SSSR count). The zero-order chi connectivity index (χ0) is 29.9. The van der Waals surface area contributed by atoms with E-state index < -0.39 is 6.09 Å². The van der Waals surface area contributed by atoms with Gasteiger partial charge in [-0.1, -0.05) is 31.2 Å². The summed E-state index contributed by atoms with van der Waals surface area (Å²) in [6, 6.07) is 17.7. The standard InChI is InChI=1S/C32H34N8O3/c1-20-16-23(19-40(18-20)32(41)42)36-31-34-14-11-28(37-31)26-7-5-13-33-30(26)43-29-21(2)9-10-24-25(29)6-4-8-27(24)35-17-22-12-15-39(3)38-22/h4-15,20,23,35H,16-19H2,1-3H3,(H,41,42)(H,34,36,37). The fraction of sp³-hybridized carbons (Fsp3) is 0.281. The number of likely N-dealkylation sites (tertiary alicyclic amines) is 1. The van der Waals surface area contributed by atoms with Gasteiger partial charge < -0.3 is 25.4 Å². The summed E-state index contributed by atoms with van der Waals surface area (Å²) in [5.74, 6) is 1.81. The number of nitrogens with zero attached hydrogens (tertiary/aromatic N) is 6. The van der Waals surface area contributed by atoms with E-state index in [9.17, 15) is 9.90 Å². The van der Waals surface area contributed by atoms with Gasteiger partial charge in [-0.05, 0) is 55.2 Å². The van der Waals surface area contributed by atoms with E-state index in [4.69, 9.17) is 9.72 Å². The van der Waals surface area contributed by atoms with Crippen LogP contribution < -0.4 is 15.4 Å². The quantitative estimate of drug-likeness (QED) is 0.205. The normalized spacial score (nSPS) is 16.7. The Bertz CT molecular complexity index is 1770. The maximum absolute atomic E-state index is 11.6. The maximum Gasteiger partial charge on any atom is 0.407 e. The predicted octanol–water partition coefficient (Wildman–Crippen LogP) is 5.94. The van der Waals surface area contributed by atoms with Crippen LogP contribution in [0.2, 0.25) is 0 Å². The molecule has 5 aromatic rings. The number of nitrogens with one attached hydrogen (secondary N) is 2. The Morgan fingerprint density at radius 2 is 1.93 bits per heavy atom. The summed E-state index contributed by atoms with van der Waals surface area (Å²) in [5, 5.41) is 22.8. The second-order valence-corrected chi connectivity index (χ2v) is 11.0. The molecule has 0 aliphatic carbocycles. The molecule has 1 aliphatic heterocycles. The Balaban J connectivity index is 1.27. The Morgan fingerprint density at radius 3 is 2.74 bits per heavy atom. The molecule has 11 nitrogen and oxygen atoms in total. The fourth-order valence-corrected chi connectivity index (χ4v) is 5.61. The second kappa shape index (κ2) is 12.0. The van der Waals surface area contributed by atoms with E-state index in [0.717, 1.165) is 45.5 Å². The van der Waals surface area contributed by atoms with Crippen molar-refractivity contribution in [2.75, 3.05) is 23.7 Å². The van der Waals surface area contributed by atoms with Crippen molar-refractivity contribution in [2.24, 2.45) is 13.0 Å². The monoisotopic (exact) mass is 578 g/mol. The molecule has 0 radical (unpaired) electrons. The topological polar surface area (TPSA) is 130 Å². The molecule has 11 heteroatoms. The molecule has 220 valence electrons. The van der Waals surface area contributed by atoms with Crippen molar-refractivity contribution in [3.8, 4) is 22.9 Å². The van der Waals surface area contributed by atoms with Crippen LogP contribution in [0, 0.1) is 12.8 Å². The maximum atomic E-state index is 11.6. The van der Waals surface area contributed by atoms with E-state index in [-0.39, 0.29) is 12.0 Å². The lowest BCUT2D eigenvalue weighted by Crippen LogP contribution is -2.47. The van der Waals surface area contributed by atoms with Gasteiger partial charge >= 0.3 is 6.09 Å². The molecular weight excluding hydrogens is 544 g/mol. The number of carbonyl (C=O) groups is 1. The molecule has 2 atom stereocenters. The van der Waals surface area contributed by atoms with E-state index in [2.05, 4.69) is 44.8 Å². The van der Waals surface area contributed by atoms with Crippen LogP contribution in [0.4, 0.5) is 16.4 Å². The van der Waals surface area contributed by atoms with Gasteiger partial charge in [0.05, 0.1) is 23.5 Å². The van der Waals surface area contributed by atoms with E-state index in [1.807, 2.05) is 62.6 Å². The van der Waals surface area contributed by atoms with Crippen LogP contribution in [0.15, 0.2) is 73.2 Å². The molecule has 1 fully saturated rings. The lowest BCUT2D eigenvalue weighted by Gasteiger charge is -2.35. The van der Waals surface area contributed by atoms with Crippen molar-refractivity contribution in [2.45, 2.75) is 32.9 Å². The first-order chi connectivity index (χ1) is 20.8. The summed E-state index contributed by atoms with van der Waals surface area (Å²) in [5.41, 5.74) is 4.29. The van der Waals surface area contributed by atoms with E-state index >= 15 is 0 Å². The molecule has 0 saturated carbocycles. The second-order valence-electron chi connectivity index (χ2n) is 11.0. The van der Waals surface area contributed by atoms with Crippen LogP contribution in [0.1, 0.15) is 24.6 Å². The van der Waals surface area contributed by atoms with Gasteiger partial charge in [-0.2, -0.15) is 5.10 Å². The molecule has 3 aromatic heterocycles. The first-order valence-corrected chi connectivity index (χ1v) is 14.3. The molecule has 3 N–H and O–H groups in total. The van der Waals surface area contributed by atoms with Gasteiger partial charge in [0, 0.05) is 61.2 Å². The highest BCUT2D eigenvalue weighted by Crippen LogP contribution is 2.38. The van der Waals surface area contributed by atoms with Crippen LogP contribution in [0.3, 0.4) is 0 Å². The summed E-state index contributed by atoms with van der Waals surface area (Å²) in [6.45, 7) is 5.58. The Morgan fingerprint density at radius 1 is 1.05 bits per heavy atom. The van der Waals surface area contributed by atoms with Crippen LogP contribution in [0.5, 0.6) is 11.6 Å². The fourth-order valence-electron chi connectivity index (χ4n) is 5.61. The van der Waals surface area contributed by atoms with Crippen LogP contribution in [-0.4, -0.2) is 60.0 Å². The minimum absolute atomic E-state index is 0.0847. The van der Waals surface area contributed by atoms with Gasteiger partial charge in [0.25, 0.3) is 0 Å². The lowest BCUT2D eigenvalue weighted by atomic mass is 9.96. The van der Waals surface area contributed by atoms with Gasteiger partial charge in [-0.15, -0.1) is 0 Å². The Kier molecular flexibility index (Phi) is 7.78. The average molecular weight is 579 g/mol. The number of rotatable bonds is 8. The third kappa shape index (κ3) is 6.20. The summed E-state index contributed by atoms with van der Waals surface area (Å²) < 4.78 is 8.36. The van der Waals surface area contributed by atoms with Crippen LogP contribution >= 0.6 is 0 Å². The number of aromatic nitrogens is 5. The van der Waals surface area contributed by atoms with Crippen molar-refractivity contribution in [1.82, 2.24) is 29.6 Å². The summed E-state index contributed by atoms with van der Waals surface area (Å²) >= 11 is 0. The lowest BCUT2D eigenvalue weighted by molar-refractivity contribution is 0.119. The number of anilines is 2. The van der Waals surface area contributed by atoms with Gasteiger partial charge in [-0.25, -0.2) is 19.7 Å². The SMILES string of the molecule is Cc1ccc2c(NCc3ccn(C)n3)cccc2c1Oc1ncccc1-c1ccnc(NC2CC(C)CN(C(=O)O)C2)n1. The van der Waals surface area contributed by atoms with Gasteiger partial charge in [0.15, 0.2) is 0 Å². The summed E-state index contributed by atoms with van der Waals surface area (Å²) in [6.07, 6.45) is 5.23. The molecule has 43 heavy (non-hydrogen) atoms. The van der Waals surface area contributed by atoms with Crippen molar-refractivity contribution in [3.05, 3.63) is 84.4 Å². The number of fused-ring (bicyclic) bond motifs is 1. The number of benzene rings is 2. The number of hydrogen-bond acceptors (Lipinski definition) is 8. The minimum Gasteiger partial charge on any atom is -0.465 e. The van der Waals surface area contributed by atoms with E-state index in [1.54, 1.807) is 17.1 Å². The Hall–Kier alpha value is -5.19. The molecule has 1 aliphatic rings. The minimum atomic E-state index is -0.912. The van der Waals surface area contributed by atoms with Gasteiger partial charge in [0.1, 0.15) is 5.75 Å². The van der Waals surface area contributed by atoms with Crippen molar-refractivity contribution in [1.29, 1.82) is 0 Å². The Labute approximate surface area is 249 Å². The molecule has 1 saturated heterocycles. The zero-order valence-corrected chi connectivity index (χ0v) is 24.4. The highest BCUT2D eigenvalue weighted by atomic mass is 16.5. The van der Waals surface area contributed by atoms with Crippen LogP contribution in [-0.2, 0) is 13.6 Å². The highest BCUT2D eigenvalue weighted by molar-refractivity contribution is 5.98. The van der Waals surface area contributed by atoms with E-state index in [0.29, 0.717) is 37.2 Å². The predicted molar refractivity (Wildman–Crippen MR) is 165 cm³/mol. The number of carboxylic acid groups (broad SMARTS) is 1. The van der Waals surface area contributed by atoms with Crippen LogP contribution in [0.25, 0.3) is 22.0 Å². The summed E-state index contributed by atoms with van der Waals surface area (Å²) in [7, 11) is 1.91. The van der Waals surface area contributed by atoms with Gasteiger partial charge in [0.2, 0.25) is 11.8 Å². The molecule has 2 aromatic carbocycles. The zero-order valence-electron chi connectivity index (χ0n) is 24.4. The largest absolute Gasteiger partial charge is 0.465 e. The number of pyridine rings is 1. The number of hydrogen-bond donors (Lipinski definition) is 3. The van der Waals surface area contributed by atoms with Gasteiger partial charge in [-0.3, -0.25) is 4.68 Å². The third-order valence-corrected chi connectivity index (χ3v) is 7.60. The van der Waals surface area contributed by atoms with E-state index in [1.165, 1.54) is 4.90 Å². The first kappa shape index (κ1) is 28.0. The number of piperidine rings is 1. The average Bonchev–Trinajstić information content (AvgIpc) is 3.42. The molecule has 4 heterocycles. The molecule has 2 unspecified atom stereocenters. The molecular formula is C32H34N8O3. The highest BCUT2D eigenvalue weighted by Gasteiger charge is 2.28. The first-order valence-electron chi connectivity index (χ1n) is 14.3. The molecule has 0 spiro atoms. The third-order valence-electron chi connectivity index (χ3n) is 7.60. The summed E-state index contributed by atoms with van der Waals surface area (Å²) in [4.78, 5) is 26.8.